The summed E-state index contributed by atoms with van der Waals surface area (Å²) in [4.78, 5) is 18.2. The Morgan fingerprint density at radius 2 is 2.31 bits per heavy atom. The van der Waals surface area contributed by atoms with Gasteiger partial charge in [-0.05, 0) is 0 Å². The molecule has 1 aromatic rings. The summed E-state index contributed by atoms with van der Waals surface area (Å²) in [6.07, 6.45) is 2.53. The van der Waals surface area contributed by atoms with Crippen LogP contribution in [0.4, 0.5) is 0 Å². The van der Waals surface area contributed by atoms with E-state index in [1.54, 1.807) is 0 Å². The molecule has 1 aromatic heterocycles. The standard InChI is InChI=1S/C11H16N2O3/c1-2-9-12-10(14)7-11(13-9)16-8-3-5-15-6-4-8/h7-8H,2-6H2,1H3,(H,12,13,14). The third kappa shape index (κ3) is 2.82. The molecule has 5 heteroatoms. The summed E-state index contributed by atoms with van der Waals surface area (Å²) < 4.78 is 10.9. The zero-order chi connectivity index (χ0) is 11.4. The van der Waals surface area contributed by atoms with E-state index in [1.807, 2.05) is 6.92 Å². The van der Waals surface area contributed by atoms with Crippen LogP contribution in [0.3, 0.4) is 0 Å². The summed E-state index contributed by atoms with van der Waals surface area (Å²) in [7, 11) is 0. The molecule has 0 aromatic carbocycles. The van der Waals surface area contributed by atoms with E-state index in [2.05, 4.69) is 9.97 Å². The van der Waals surface area contributed by atoms with Crippen LogP contribution in [0.5, 0.6) is 5.88 Å². The van der Waals surface area contributed by atoms with Crippen molar-refractivity contribution in [3.8, 4) is 5.88 Å². The van der Waals surface area contributed by atoms with Gasteiger partial charge in [-0.25, -0.2) is 4.98 Å². The number of nitrogens with zero attached hydrogens (tertiary/aromatic N) is 1. The normalized spacial score (nSPS) is 17.3. The monoisotopic (exact) mass is 224 g/mol. The molecule has 0 spiro atoms. The minimum Gasteiger partial charge on any atom is -0.474 e. The highest BCUT2D eigenvalue weighted by Crippen LogP contribution is 2.14. The second kappa shape index (κ2) is 5.12. The summed E-state index contributed by atoms with van der Waals surface area (Å²) >= 11 is 0. The maximum Gasteiger partial charge on any atom is 0.254 e. The SMILES string of the molecule is CCc1nc(OC2CCOCC2)cc(=O)[nH]1. The highest BCUT2D eigenvalue weighted by molar-refractivity contribution is 5.09. The molecule has 0 amide bonds. The highest BCUT2D eigenvalue weighted by Gasteiger charge is 2.16. The van der Waals surface area contributed by atoms with Crippen LogP contribution in [0.15, 0.2) is 10.9 Å². The van der Waals surface area contributed by atoms with Crippen molar-refractivity contribution in [1.29, 1.82) is 0 Å². The Morgan fingerprint density at radius 1 is 1.56 bits per heavy atom. The Balaban J connectivity index is 2.07. The van der Waals surface area contributed by atoms with Crippen molar-refractivity contribution in [3.63, 3.8) is 0 Å². The smallest absolute Gasteiger partial charge is 0.254 e. The van der Waals surface area contributed by atoms with E-state index in [1.165, 1.54) is 6.07 Å². The maximum absolute atomic E-state index is 11.3. The lowest BCUT2D eigenvalue weighted by Crippen LogP contribution is -2.27. The summed E-state index contributed by atoms with van der Waals surface area (Å²) in [5.74, 6) is 1.09. The van der Waals surface area contributed by atoms with Gasteiger partial charge >= 0.3 is 0 Å². The van der Waals surface area contributed by atoms with E-state index in [0.717, 1.165) is 12.8 Å². The zero-order valence-corrected chi connectivity index (χ0v) is 9.36. The van der Waals surface area contributed by atoms with Crippen molar-refractivity contribution >= 4 is 0 Å². The van der Waals surface area contributed by atoms with E-state index in [4.69, 9.17) is 9.47 Å². The first-order chi connectivity index (χ1) is 7.78. The fraction of sp³-hybridized carbons (Fsp3) is 0.636. The second-order valence-corrected chi connectivity index (χ2v) is 3.81. The first-order valence-electron chi connectivity index (χ1n) is 5.62. The molecule has 2 rings (SSSR count). The molecule has 0 saturated carbocycles. The van der Waals surface area contributed by atoms with E-state index in [0.29, 0.717) is 31.3 Å². The predicted molar refractivity (Wildman–Crippen MR) is 58.7 cm³/mol. The average Bonchev–Trinajstić information content (AvgIpc) is 2.29. The predicted octanol–water partition coefficient (Wildman–Crippen LogP) is 0.890. The van der Waals surface area contributed by atoms with Crippen molar-refractivity contribution < 1.29 is 9.47 Å². The van der Waals surface area contributed by atoms with Crippen molar-refractivity contribution in [3.05, 3.63) is 22.2 Å². The largest absolute Gasteiger partial charge is 0.474 e. The van der Waals surface area contributed by atoms with Gasteiger partial charge in [-0.2, -0.15) is 0 Å². The van der Waals surface area contributed by atoms with Gasteiger partial charge in [0.15, 0.2) is 0 Å². The molecule has 1 aliphatic heterocycles. The number of ether oxygens (including phenoxy) is 2. The van der Waals surface area contributed by atoms with Crippen molar-refractivity contribution in [1.82, 2.24) is 9.97 Å². The van der Waals surface area contributed by atoms with E-state index in [9.17, 15) is 4.79 Å². The first kappa shape index (κ1) is 11.1. The number of aromatic nitrogens is 2. The Labute approximate surface area is 93.8 Å². The number of hydrogen-bond donors (Lipinski definition) is 1. The number of aryl methyl sites for hydroxylation is 1. The Kier molecular flexibility index (Phi) is 3.56. The van der Waals surface area contributed by atoms with Gasteiger partial charge in [-0.3, -0.25) is 4.79 Å². The number of aromatic amines is 1. The molecule has 1 N–H and O–H groups in total. The molecule has 0 aliphatic carbocycles. The minimum atomic E-state index is -0.158. The Bertz CT molecular complexity index is 396. The van der Waals surface area contributed by atoms with Gasteiger partial charge in [0.1, 0.15) is 11.9 Å². The third-order valence-corrected chi connectivity index (χ3v) is 2.56. The topological polar surface area (TPSA) is 64.2 Å². The summed E-state index contributed by atoms with van der Waals surface area (Å²) in [6.45, 7) is 3.37. The van der Waals surface area contributed by atoms with Crippen molar-refractivity contribution in [2.45, 2.75) is 32.3 Å². The molecule has 16 heavy (non-hydrogen) atoms. The molecule has 2 heterocycles. The van der Waals surface area contributed by atoms with Crippen LogP contribution in [0.25, 0.3) is 0 Å². The van der Waals surface area contributed by atoms with Crippen LogP contribution in [0, 0.1) is 0 Å². The fourth-order valence-electron chi connectivity index (χ4n) is 1.68. The summed E-state index contributed by atoms with van der Waals surface area (Å²) in [5.41, 5.74) is -0.158. The fourth-order valence-corrected chi connectivity index (χ4v) is 1.68. The molecule has 1 saturated heterocycles. The molecule has 88 valence electrons. The van der Waals surface area contributed by atoms with Gasteiger partial charge in [0.25, 0.3) is 5.56 Å². The molecule has 1 aliphatic rings. The van der Waals surface area contributed by atoms with Crippen molar-refractivity contribution in [2.24, 2.45) is 0 Å². The van der Waals surface area contributed by atoms with Crippen LogP contribution in [-0.2, 0) is 11.2 Å². The first-order valence-corrected chi connectivity index (χ1v) is 5.62. The lowest BCUT2D eigenvalue weighted by molar-refractivity contribution is 0.0235. The third-order valence-electron chi connectivity index (χ3n) is 2.56. The quantitative estimate of drug-likeness (QED) is 0.828. The lowest BCUT2D eigenvalue weighted by atomic mass is 10.2. The Hall–Kier alpha value is -1.36. The minimum absolute atomic E-state index is 0.118. The maximum atomic E-state index is 11.3. The molecule has 0 atom stereocenters. The molecular weight excluding hydrogens is 208 g/mol. The van der Waals surface area contributed by atoms with Gasteiger partial charge in [-0.1, -0.05) is 6.92 Å². The lowest BCUT2D eigenvalue weighted by Gasteiger charge is -2.22. The van der Waals surface area contributed by atoms with Crippen LogP contribution in [0.2, 0.25) is 0 Å². The summed E-state index contributed by atoms with van der Waals surface area (Å²) in [6, 6.07) is 1.40. The number of H-pyrrole nitrogens is 1. The highest BCUT2D eigenvalue weighted by atomic mass is 16.5. The summed E-state index contributed by atoms with van der Waals surface area (Å²) in [5, 5.41) is 0. The molecular formula is C11H16N2O3. The van der Waals surface area contributed by atoms with Crippen LogP contribution >= 0.6 is 0 Å². The number of rotatable bonds is 3. The second-order valence-electron chi connectivity index (χ2n) is 3.81. The van der Waals surface area contributed by atoms with Gasteiger partial charge in [0.2, 0.25) is 5.88 Å². The van der Waals surface area contributed by atoms with E-state index < -0.39 is 0 Å². The molecule has 0 bridgehead atoms. The molecule has 0 radical (unpaired) electrons. The van der Waals surface area contributed by atoms with Gasteiger partial charge < -0.3 is 14.5 Å². The molecule has 1 fully saturated rings. The van der Waals surface area contributed by atoms with Crippen LogP contribution in [-0.4, -0.2) is 29.3 Å². The molecule has 0 unspecified atom stereocenters. The zero-order valence-electron chi connectivity index (χ0n) is 9.36. The average molecular weight is 224 g/mol. The van der Waals surface area contributed by atoms with Crippen LogP contribution < -0.4 is 10.3 Å². The number of hydrogen-bond acceptors (Lipinski definition) is 4. The Morgan fingerprint density at radius 3 is 3.00 bits per heavy atom. The van der Waals surface area contributed by atoms with E-state index >= 15 is 0 Å². The van der Waals surface area contributed by atoms with Gasteiger partial charge in [-0.15, -0.1) is 0 Å². The molecule has 5 nitrogen and oxygen atoms in total. The van der Waals surface area contributed by atoms with Gasteiger partial charge in [0, 0.05) is 19.3 Å². The van der Waals surface area contributed by atoms with Crippen LogP contribution in [0.1, 0.15) is 25.6 Å². The van der Waals surface area contributed by atoms with E-state index in [-0.39, 0.29) is 11.7 Å². The number of nitrogens with one attached hydrogen (secondary N) is 1. The van der Waals surface area contributed by atoms with Gasteiger partial charge in [0.05, 0.1) is 19.3 Å². The van der Waals surface area contributed by atoms with Crippen molar-refractivity contribution in [2.75, 3.05) is 13.2 Å².